The molecule has 2 N–H and O–H groups in total. The van der Waals surface area contributed by atoms with Crippen molar-refractivity contribution in [3.8, 4) is 0 Å². The summed E-state index contributed by atoms with van der Waals surface area (Å²) in [5.74, 6) is 1.48. The van der Waals surface area contributed by atoms with E-state index in [1.807, 2.05) is 0 Å². The molecule has 112 valence electrons. The maximum absolute atomic E-state index is 6.44. The molecule has 1 fully saturated rings. The minimum Gasteiger partial charge on any atom is -0.324 e. The molecule has 1 aliphatic rings. The molecule has 1 aromatic carbocycles. The van der Waals surface area contributed by atoms with Crippen molar-refractivity contribution in [3.05, 3.63) is 35.4 Å². The number of hydrogen-bond donors (Lipinski definition) is 1. The fourth-order valence-electron chi connectivity index (χ4n) is 3.48. The first-order valence-electron chi connectivity index (χ1n) is 8.20. The van der Waals surface area contributed by atoms with E-state index in [1.54, 1.807) is 0 Å². The normalized spacial score (nSPS) is 19.4. The standard InChI is InChI=1S/C19H31N/c1-14(13-19(2,3)4)11-18(20)17-10-6-9-16(12-17)15-7-5-8-15/h6,9-10,12,14-15,18H,5,7-8,11,13,20H2,1-4H3. The smallest absolute Gasteiger partial charge is 0.0297 e. The Kier molecular flexibility index (Phi) is 4.90. The van der Waals surface area contributed by atoms with E-state index in [-0.39, 0.29) is 6.04 Å². The second kappa shape index (κ2) is 6.30. The van der Waals surface area contributed by atoms with Crippen molar-refractivity contribution in [2.45, 2.75) is 71.8 Å². The SMILES string of the molecule is CC(CC(N)c1cccc(C2CCC2)c1)CC(C)(C)C. The lowest BCUT2D eigenvalue weighted by atomic mass is 9.78. The second-order valence-corrected chi connectivity index (χ2v) is 8.01. The van der Waals surface area contributed by atoms with Gasteiger partial charge in [0, 0.05) is 6.04 Å². The highest BCUT2D eigenvalue weighted by Crippen LogP contribution is 2.37. The van der Waals surface area contributed by atoms with E-state index in [2.05, 4.69) is 52.0 Å². The first kappa shape index (κ1) is 15.6. The van der Waals surface area contributed by atoms with Gasteiger partial charge in [0.15, 0.2) is 0 Å². The molecule has 1 aromatic rings. The van der Waals surface area contributed by atoms with Crippen LogP contribution in [0.5, 0.6) is 0 Å². The lowest BCUT2D eigenvalue weighted by molar-refractivity contribution is 0.286. The lowest BCUT2D eigenvalue weighted by Crippen LogP contribution is -2.18. The van der Waals surface area contributed by atoms with Crippen molar-refractivity contribution >= 4 is 0 Å². The minimum absolute atomic E-state index is 0.187. The van der Waals surface area contributed by atoms with Crippen LogP contribution in [0.1, 0.15) is 82.9 Å². The van der Waals surface area contributed by atoms with Crippen LogP contribution in [-0.4, -0.2) is 0 Å². The summed E-state index contributed by atoms with van der Waals surface area (Å²) in [6.07, 6.45) is 6.44. The van der Waals surface area contributed by atoms with Gasteiger partial charge in [-0.05, 0) is 54.1 Å². The Balaban J connectivity index is 1.96. The zero-order valence-corrected chi connectivity index (χ0v) is 13.7. The highest BCUT2D eigenvalue weighted by molar-refractivity contribution is 5.29. The Hall–Kier alpha value is -0.820. The highest BCUT2D eigenvalue weighted by atomic mass is 14.6. The van der Waals surface area contributed by atoms with Crippen molar-refractivity contribution in [3.63, 3.8) is 0 Å². The molecular weight excluding hydrogens is 242 g/mol. The topological polar surface area (TPSA) is 26.0 Å². The summed E-state index contributed by atoms with van der Waals surface area (Å²) in [7, 11) is 0. The molecule has 1 aliphatic carbocycles. The van der Waals surface area contributed by atoms with Gasteiger partial charge < -0.3 is 5.73 Å². The van der Waals surface area contributed by atoms with Crippen molar-refractivity contribution in [1.29, 1.82) is 0 Å². The lowest BCUT2D eigenvalue weighted by Gasteiger charge is -2.28. The van der Waals surface area contributed by atoms with Crippen molar-refractivity contribution < 1.29 is 0 Å². The van der Waals surface area contributed by atoms with Crippen LogP contribution in [0.3, 0.4) is 0 Å². The van der Waals surface area contributed by atoms with E-state index in [0.29, 0.717) is 11.3 Å². The Labute approximate surface area is 125 Å². The average Bonchev–Trinajstić information content (AvgIpc) is 2.24. The molecule has 2 unspecified atom stereocenters. The van der Waals surface area contributed by atoms with E-state index in [4.69, 9.17) is 5.73 Å². The molecule has 2 rings (SSSR count). The van der Waals surface area contributed by atoms with E-state index < -0.39 is 0 Å². The average molecular weight is 273 g/mol. The fourth-order valence-corrected chi connectivity index (χ4v) is 3.48. The first-order valence-corrected chi connectivity index (χ1v) is 8.20. The van der Waals surface area contributed by atoms with Gasteiger partial charge >= 0.3 is 0 Å². The van der Waals surface area contributed by atoms with E-state index >= 15 is 0 Å². The van der Waals surface area contributed by atoms with E-state index in [0.717, 1.165) is 12.3 Å². The molecular formula is C19H31N. The van der Waals surface area contributed by atoms with Crippen LogP contribution >= 0.6 is 0 Å². The number of hydrogen-bond acceptors (Lipinski definition) is 1. The van der Waals surface area contributed by atoms with Gasteiger partial charge in [-0.3, -0.25) is 0 Å². The zero-order valence-electron chi connectivity index (χ0n) is 13.7. The summed E-state index contributed by atoms with van der Waals surface area (Å²) in [6.45, 7) is 9.27. The quantitative estimate of drug-likeness (QED) is 0.762. The minimum atomic E-state index is 0.187. The maximum Gasteiger partial charge on any atom is 0.0297 e. The predicted molar refractivity (Wildman–Crippen MR) is 87.8 cm³/mol. The van der Waals surface area contributed by atoms with Gasteiger partial charge in [-0.15, -0.1) is 0 Å². The van der Waals surface area contributed by atoms with Crippen molar-refractivity contribution in [2.24, 2.45) is 17.1 Å². The summed E-state index contributed by atoms with van der Waals surface area (Å²) in [5.41, 5.74) is 9.67. The summed E-state index contributed by atoms with van der Waals surface area (Å²) in [6, 6.07) is 9.22. The Bertz CT molecular complexity index is 426. The molecule has 1 saturated carbocycles. The molecule has 2 atom stereocenters. The Morgan fingerprint density at radius 1 is 1.25 bits per heavy atom. The van der Waals surface area contributed by atoms with Crippen LogP contribution in [-0.2, 0) is 0 Å². The molecule has 1 nitrogen and oxygen atoms in total. The number of nitrogens with two attached hydrogens (primary N) is 1. The predicted octanol–water partition coefficient (Wildman–Crippen LogP) is 5.42. The fraction of sp³-hybridized carbons (Fsp3) is 0.684. The molecule has 0 aromatic heterocycles. The van der Waals surface area contributed by atoms with Crippen LogP contribution in [0.4, 0.5) is 0 Å². The van der Waals surface area contributed by atoms with Crippen molar-refractivity contribution in [1.82, 2.24) is 0 Å². The molecule has 0 amide bonds. The molecule has 0 saturated heterocycles. The van der Waals surface area contributed by atoms with Crippen LogP contribution in [0, 0.1) is 11.3 Å². The molecule has 1 heteroatoms. The molecule has 0 aliphatic heterocycles. The molecule has 0 radical (unpaired) electrons. The third-order valence-electron chi connectivity index (χ3n) is 4.53. The maximum atomic E-state index is 6.44. The van der Waals surface area contributed by atoms with Gasteiger partial charge in [-0.1, -0.05) is 58.4 Å². The molecule has 0 heterocycles. The highest BCUT2D eigenvalue weighted by Gasteiger charge is 2.21. The first-order chi connectivity index (χ1) is 9.35. The monoisotopic (exact) mass is 273 g/mol. The number of benzene rings is 1. The molecule has 0 spiro atoms. The summed E-state index contributed by atoms with van der Waals surface area (Å²) in [5, 5.41) is 0. The van der Waals surface area contributed by atoms with Gasteiger partial charge in [0.2, 0.25) is 0 Å². The van der Waals surface area contributed by atoms with Crippen LogP contribution in [0.15, 0.2) is 24.3 Å². The van der Waals surface area contributed by atoms with Crippen LogP contribution in [0.25, 0.3) is 0 Å². The Morgan fingerprint density at radius 3 is 2.50 bits per heavy atom. The summed E-state index contributed by atoms with van der Waals surface area (Å²) < 4.78 is 0. The van der Waals surface area contributed by atoms with Crippen molar-refractivity contribution in [2.75, 3.05) is 0 Å². The Morgan fingerprint density at radius 2 is 1.95 bits per heavy atom. The molecule has 0 bridgehead atoms. The summed E-state index contributed by atoms with van der Waals surface area (Å²) >= 11 is 0. The third-order valence-corrected chi connectivity index (χ3v) is 4.53. The van der Waals surface area contributed by atoms with Crippen LogP contribution < -0.4 is 5.73 Å². The largest absolute Gasteiger partial charge is 0.324 e. The number of rotatable bonds is 5. The van der Waals surface area contributed by atoms with E-state index in [1.165, 1.54) is 36.8 Å². The van der Waals surface area contributed by atoms with Gasteiger partial charge in [0.1, 0.15) is 0 Å². The van der Waals surface area contributed by atoms with Gasteiger partial charge in [-0.25, -0.2) is 0 Å². The third kappa shape index (κ3) is 4.34. The van der Waals surface area contributed by atoms with E-state index in [9.17, 15) is 0 Å². The van der Waals surface area contributed by atoms with Gasteiger partial charge in [-0.2, -0.15) is 0 Å². The summed E-state index contributed by atoms with van der Waals surface area (Å²) in [4.78, 5) is 0. The van der Waals surface area contributed by atoms with Crippen LogP contribution in [0.2, 0.25) is 0 Å². The van der Waals surface area contributed by atoms with Gasteiger partial charge in [0.05, 0.1) is 0 Å². The van der Waals surface area contributed by atoms with Gasteiger partial charge in [0.25, 0.3) is 0 Å². The zero-order chi connectivity index (χ0) is 14.8. The molecule has 20 heavy (non-hydrogen) atoms. The second-order valence-electron chi connectivity index (χ2n) is 8.01.